The number of hydrogen-bond acceptors (Lipinski definition) is 4. The van der Waals surface area contributed by atoms with E-state index in [0.29, 0.717) is 46.2 Å². The minimum absolute atomic E-state index is 0.00433. The van der Waals surface area contributed by atoms with Crippen molar-refractivity contribution in [3.63, 3.8) is 0 Å². The SMILES string of the molecule is COc1ccc(Cl)cc1C(=O)N1CCC(N2C[C@H]3C[C@H](C2)[C@H]2CCCC(=O)N2C3)CC1. The van der Waals surface area contributed by atoms with Crippen LogP contribution in [-0.4, -0.2) is 78.4 Å². The zero-order valence-electron chi connectivity index (χ0n) is 18.3. The lowest BCUT2D eigenvalue weighted by Gasteiger charge is -2.54. The molecule has 4 fully saturated rings. The molecule has 3 atom stereocenters. The van der Waals surface area contributed by atoms with Crippen molar-refractivity contribution < 1.29 is 14.3 Å². The molecule has 4 aliphatic rings. The standard InChI is InChI=1S/C24H32ClN3O3/c1-31-22-6-5-18(25)12-20(22)24(30)26-9-7-19(8-10-26)27-13-16-11-17(15-27)21-3-2-4-23(29)28(21)14-16/h5-6,12,16-17,19,21H,2-4,7-11,13-15H2,1H3/t16-,17-,21-/m1/s1. The Hall–Kier alpha value is -1.79. The van der Waals surface area contributed by atoms with Gasteiger partial charge in [-0.15, -0.1) is 0 Å². The highest BCUT2D eigenvalue weighted by Crippen LogP contribution is 2.39. The van der Waals surface area contributed by atoms with E-state index in [4.69, 9.17) is 16.3 Å². The zero-order valence-corrected chi connectivity index (χ0v) is 19.0. The lowest BCUT2D eigenvalue weighted by atomic mass is 9.75. The number of halogens is 1. The summed E-state index contributed by atoms with van der Waals surface area (Å²) < 4.78 is 5.38. The Labute approximate surface area is 189 Å². The molecule has 2 bridgehead atoms. The van der Waals surface area contributed by atoms with Gasteiger partial charge in [0.05, 0.1) is 12.7 Å². The average Bonchev–Trinajstić information content (AvgIpc) is 2.79. The van der Waals surface area contributed by atoms with Crippen molar-refractivity contribution in [2.75, 3.05) is 39.8 Å². The van der Waals surface area contributed by atoms with E-state index in [1.165, 1.54) is 12.8 Å². The summed E-state index contributed by atoms with van der Waals surface area (Å²) in [5.41, 5.74) is 0.544. The van der Waals surface area contributed by atoms with Gasteiger partial charge in [0.25, 0.3) is 5.91 Å². The number of ether oxygens (including phenoxy) is 1. The highest BCUT2D eigenvalue weighted by molar-refractivity contribution is 6.31. The van der Waals surface area contributed by atoms with E-state index < -0.39 is 0 Å². The number of amides is 2. The van der Waals surface area contributed by atoms with Crippen molar-refractivity contribution in [2.24, 2.45) is 11.8 Å². The van der Waals surface area contributed by atoms with Gasteiger partial charge in [-0.3, -0.25) is 14.5 Å². The fourth-order valence-electron chi connectivity index (χ4n) is 6.40. The van der Waals surface area contributed by atoms with Gasteiger partial charge in [-0.05, 0) is 62.1 Å². The highest BCUT2D eigenvalue weighted by atomic mass is 35.5. The summed E-state index contributed by atoms with van der Waals surface area (Å²) in [4.78, 5) is 32.3. The molecule has 1 aromatic carbocycles. The Morgan fingerprint density at radius 3 is 2.71 bits per heavy atom. The minimum atomic E-state index is 0.00433. The number of piperidine rings is 4. The van der Waals surface area contributed by atoms with E-state index in [0.717, 1.165) is 58.4 Å². The molecule has 5 rings (SSSR count). The van der Waals surface area contributed by atoms with Gasteiger partial charge in [-0.1, -0.05) is 11.6 Å². The Kier molecular flexibility index (Phi) is 5.86. The van der Waals surface area contributed by atoms with Gasteiger partial charge in [0.2, 0.25) is 5.91 Å². The first kappa shape index (κ1) is 21.1. The molecular formula is C24H32ClN3O3. The van der Waals surface area contributed by atoms with Crippen molar-refractivity contribution in [3.05, 3.63) is 28.8 Å². The molecule has 31 heavy (non-hydrogen) atoms. The third kappa shape index (κ3) is 4.05. The number of nitrogens with zero attached hydrogens (tertiary/aromatic N) is 3. The number of carbonyl (C=O) groups is 2. The summed E-state index contributed by atoms with van der Waals surface area (Å²) in [7, 11) is 1.58. The van der Waals surface area contributed by atoms with Gasteiger partial charge in [-0.2, -0.15) is 0 Å². The molecule has 0 aliphatic carbocycles. The molecule has 7 heteroatoms. The molecule has 2 amide bonds. The number of fused-ring (bicyclic) bond motifs is 4. The maximum atomic E-state index is 13.1. The topological polar surface area (TPSA) is 53.1 Å². The van der Waals surface area contributed by atoms with Gasteiger partial charge in [-0.25, -0.2) is 0 Å². The van der Waals surface area contributed by atoms with Crippen LogP contribution < -0.4 is 4.74 Å². The normalized spacial score (nSPS) is 29.6. The van der Waals surface area contributed by atoms with Crippen molar-refractivity contribution in [3.8, 4) is 5.75 Å². The summed E-state index contributed by atoms with van der Waals surface area (Å²) in [6.45, 7) is 4.67. The van der Waals surface area contributed by atoms with Crippen LogP contribution in [0.1, 0.15) is 48.9 Å². The maximum absolute atomic E-state index is 13.1. The molecule has 6 nitrogen and oxygen atoms in total. The predicted octanol–water partition coefficient (Wildman–Crippen LogP) is 3.29. The van der Waals surface area contributed by atoms with Crippen LogP contribution in [0.3, 0.4) is 0 Å². The number of benzene rings is 1. The first-order chi connectivity index (χ1) is 15.0. The van der Waals surface area contributed by atoms with Gasteiger partial charge in [0, 0.05) is 56.3 Å². The molecule has 4 heterocycles. The van der Waals surface area contributed by atoms with Gasteiger partial charge < -0.3 is 14.5 Å². The molecule has 0 N–H and O–H groups in total. The number of hydrogen-bond donors (Lipinski definition) is 0. The largest absolute Gasteiger partial charge is 0.496 e. The molecule has 0 unspecified atom stereocenters. The highest BCUT2D eigenvalue weighted by Gasteiger charge is 2.45. The van der Waals surface area contributed by atoms with E-state index in [9.17, 15) is 9.59 Å². The van der Waals surface area contributed by atoms with Crippen molar-refractivity contribution >= 4 is 23.4 Å². The fourth-order valence-corrected chi connectivity index (χ4v) is 6.57. The second kappa shape index (κ2) is 8.62. The minimum Gasteiger partial charge on any atom is -0.496 e. The Morgan fingerprint density at radius 2 is 1.94 bits per heavy atom. The van der Waals surface area contributed by atoms with Gasteiger partial charge in [0.15, 0.2) is 0 Å². The first-order valence-corrected chi connectivity index (χ1v) is 12.1. The number of methoxy groups -OCH3 is 1. The van der Waals surface area contributed by atoms with Crippen LogP contribution in [0.5, 0.6) is 5.75 Å². The third-order valence-electron chi connectivity index (χ3n) is 7.87. The summed E-state index contributed by atoms with van der Waals surface area (Å²) in [6, 6.07) is 6.20. The zero-order chi connectivity index (χ0) is 21.5. The van der Waals surface area contributed by atoms with Crippen LogP contribution in [0.4, 0.5) is 0 Å². The lowest BCUT2D eigenvalue weighted by molar-refractivity contribution is -0.145. The smallest absolute Gasteiger partial charge is 0.257 e. The molecule has 0 radical (unpaired) electrons. The van der Waals surface area contributed by atoms with E-state index in [-0.39, 0.29) is 5.91 Å². The van der Waals surface area contributed by atoms with Crippen LogP contribution in [-0.2, 0) is 4.79 Å². The lowest BCUT2D eigenvalue weighted by Crippen LogP contribution is -2.62. The van der Waals surface area contributed by atoms with E-state index in [2.05, 4.69) is 9.80 Å². The second-order valence-electron chi connectivity index (χ2n) is 9.69. The van der Waals surface area contributed by atoms with Crippen molar-refractivity contribution in [1.29, 1.82) is 0 Å². The second-order valence-corrected chi connectivity index (χ2v) is 10.1. The Bertz CT molecular complexity index is 854. The third-order valence-corrected chi connectivity index (χ3v) is 8.10. The Balaban J connectivity index is 1.21. The summed E-state index contributed by atoms with van der Waals surface area (Å²) in [6.07, 6.45) is 6.24. The van der Waals surface area contributed by atoms with Gasteiger partial charge in [0.1, 0.15) is 5.75 Å². The fraction of sp³-hybridized carbons (Fsp3) is 0.667. The van der Waals surface area contributed by atoms with Crippen LogP contribution in [0.15, 0.2) is 18.2 Å². The van der Waals surface area contributed by atoms with Crippen LogP contribution in [0.25, 0.3) is 0 Å². The van der Waals surface area contributed by atoms with E-state index >= 15 is 0 Å². The number of carbonyl (C=O) groups excluding carboxylic acids is 2. The van der Waals surface area contributed by atoms with Crippen molar-refractivity contribution in [1.82, 2.24) is 14.7 Å². The van der Waals surface area contributed by atoms with E-state index in [1.807, 2.05) is 4.90 Å². The van der Waals surface area contributed by atoms with Crippen molar-refractivity contribution in [2.45, 2.75) is 50.6 Å². The van der Waals surface area contributed by atoms with E-state index in [1.54, 1.807) is 25.3 Å². The van der Waals surface area contributed by atoms with Crippen LogP contribution >= 0.6 is 11.6 Å². The molecule has 0 aromatic heterocycles. The summed E-state index contributed by atoms with van der Waals surface area (Å²) >= 11 is 6.13. The summed E-state index contributed by atoms with van der Waals surface area (Å²) in [5.74, 6) is 2.18. The average molecular weight is 446 g/mol. The molecule has 4 aliphatic heterocycles. The number of rotatable bonds is 3. The predicted molar refractivity (Wildman–Crippen MR) is 119 cm³/mol. The monoisotopic (exact) mass is 445 g/mol. The summed E-state index contributed by atoms with van der Waals surface area (Å²) in [5, 5.41) is 0.550. The molecule has 1 aromatic rings. The quantitative estimate of drug-likeness (QED) is 0.716. The molecule has 168 valence electrons. The van der Waals surface area contributed by atoms with Crippen LogP contribution in [0, 0.1) is 11.8 Å². The Morgan fingerprint density at radius 1 is 1.13 bits per heavy atom. The van der Waals surface area contributed by atoms with Gasteiger partial charge >= 0.3 is 0 Å². The maximum Gasteiger partial charge on any atom is 0.257 e. The number of likely N-dealkylation sites (tertiary alicyclic amines) is 2. The first-order valence-electron chi connectivity index (χ1n) is 11.7. The molecule has 0 spiro atoms. The van der Waals surface area contributed by atoms with Crippen LogP contribution in [0.2, 0.25) is 5.02 Å². The molecular weight excluding hydrogens is 414 g/mol. The molecule has 4 saturated heterocycles. The molecule has 0 saturated carbocycles.